The maximum absolute atomic E-state index is 6.92. The van der Waals surface area contributed by atoms with Crippen molar-refractivity contribution >= 4 is 74.5 Å². The standard InChI is InChI=1S/C16H30N6.4ClH/c17-7-11-19-9-3-1-5-15-13-22-16(14-21-15)6-2-4-10-20-12-8-18;;;;/h7-8,13-20H,1-6,9-12H2;4*1H. The van der Waals surface area contributed by atoms with Crippen LogP contribution in [0.15, 0.2) is 9.98 Å². The van der Waals surface area contributed by atoms with E-state index in [0.29, 0.717) is 13.1 Å². The number of rotatable bonds is 14. The summed E-state index contributed by atoms with van der Waals surface area (Å²) >= 11 is 0. The third-order valence-corrected chi connectivity index (χ3v) is 3.60. The minimum absolute atomic E-state index is 0. The fraction of sp³-hybridized carbons (Fsp3) is 0.750. The van der Waals surface area contributed by atoms with Gasteiger partial charge in [-0.1, -0.05) is 0 Å². The first-order valence-corrected chi connectivity index (χ1v) is 8.32. The van der Waals surface area contributed by atoms with E-state index in [1.165, 1.54) is 12.4 Å². The Balaban J connectivity index is -0.000000605. The van der Waals surface area contributed by atoms with Crippen molar-refractivity contribution in [3.05, 3.63) is 0 Å². The van der Waals surface area contributed by atoms with Gasteiger partial charge in [0, 0.05) is 37.9 Å². The molecule has 26 heavy (non-hydrogen) atoms. The average Bonchev–Trinajstić information content (AvgIpc) is 2.55. The Morgan fingerprint density at radius 3 is 1.38 bits per heavy atom. The first-order chi connectivity index (χ1) is 10.9. The quantitative estimate of drug-likeness (QED) is 0.240. The number of unbranched alkanes of at least 4 members (excludes halogenated alkanes) is 2. The van der Waals surface area contributed by atoms with Gasteiger partial charge < -0.3 is 21.5 Å². The van der Waals surface area contributed by atoms with Crippen molar-refractivity contribution in [1.29, 1.82) is 10.8 Å². The predicted octanol–water partition coefficient (Wildman–Crippen LogP) is 3.38. The summed E-state index contributed by atoms with van der Waals surface area (Å²) in [6.45, 7) is 3.28. The number of nitrogens with one attached hydrogen (secondary N) is 4. The lowest BCUT2D eigenvalue weighted by molar-refractivity contribution is 0.596. The summed E-state index contributed by atoms with van der Waals surface area (Å²) in [7, 11) is 0. The lowest BCUT2D eigenvalue weighted by Gasteiger charge is -2.15. The highest BCUT2D eigenvalue weighted by Crippen LogP contribution is 2.10. The van der Waals surface area contributed by atoms with Crippen molar-refractivity contribution in [3.63, 3.8) is 0 Å². The molecule has 0 bridgehead atoms. The van der Waals surface area contributed by atoms with Crippen LogP contribution < -0.4 is 10.6 Å². The third kappa shape index (κ3) is 18.5. The zero-order valence-electron chi connectivity index (χ0n) is 15.1. The molecule has 4 N–H and O–H groups in total. The summed E-state index contributed by atoms with van der Waals surface area (Å²) in [5.74, 6) is 0. The van der Waals surface area contributed by atoms with Gasteiger partial charge in [0.2, 0.25) is 0 Å². The van der Waals surface area contributed by atoms with Crippen LogP contribution in [0.4, 0.5) is 0 Å². The molecule has 0 spiro atoms. The molecule has 6 nitrogen and oxygen atoms in total. The molecule has 0 aromatic rings. The first-order valence-electron chi connectivity index (χ1n) is 8.32. The predicted molar refractivity (Wildman–Crippen MR) is 125 cm³/mol. The Hall–Kier alpha value is -0.240. The zero-order chi connectivity index (χ0) is 15.9. The number of hydrogen-bond acceptors (Lipinski definition) is 6. The highest BCUT2D eigenvalue weighted by atomic mass is 35.5. The van der Waals surface area contributed by atoms with E-state index in [9.17, 15) is 0 Å². The van der Waals surface area contributed by atoms with Crippen LogP contribution in [0.5, 0.6) is 0 Å². The number of halogens is 4. The smallest absolute Gasteiger partial charge is 0.0843 e. The van der Waals surface area contributed by atoms with Gasteiger partial charge in [-0.05, 0) is 51.6 Å². The average molecular weight is 452 g/mol. The molecule has 2 atom stereocenters. The minimum Gasteiger partial charge on any atom is -0.312 e. The summed E-state index contributed by atoms with van der Waals surface area (Å²) in [5, 5.41) is 20.2. The summed E-state index contributed by atoms with van der Waals surface area (Å²) in [6.07, 6.45) is 13.5. The van der Waals surface area contributed by atoms with Gasteiger partial charge >= 0.3 is 0 Å². The van der Waals surface area contributed by atoms with Crippen LogP contribution in [-0.4, -0.2) is 63.1 Å². The van der Waals surface area contributed by atoms with Gasteiger partial charge in [0.15, 0.2) is 0 Å². The van der Waals surface area contributed by atoms with Crippen LogP contribution in [0, 0.1) is 10.8 Å². The molecular weight excluding hydrogens is 418 g/mol. The van der Waals surface area contributed by atoms with Gasteiger partial charge in [0.05, 0.1) is 12.1 Å². The maximum Gasteiger partial charge on any atom is 0.0843 e. The highest BCUT2D eigenvalue weighted by Gasteiger charge is 2.11. The third-order valence-electron chi connectivity index (χ3n) is 3.60. The molecule has 1 aliphatic heterocycles. The van der Waals surface area contributed by atoms with E-state index in [4.69, 9.17) is 10.8 Å². The first kappa shape index (κ1) is 33.4. The van der Waals surface area contributed by atoms with Gasteiger partial charge in [-0.3, -0.25) is 9.98 Å². The number of aliphatic imine (C=N–C) groups is 2. The van der Waals surface area contributed by atoms with Crippen molar-refractivity contribution in [1.82, 2.24) is 10.6 Å². The number of nitrogens with zero attached hydrogens (tertiary/aromatic N) is 2. The summed E-state index contributed by atoms with van der Waals surface area (Å²) in [6, 6.07) is 0.515. The topological polar surface area (TPSA) is 96.5 Å². The molecule has 0 aromatic carbocycles. The monoisotopic (exact) mass is 450 g/mol. The fourth-order valence-corrected chi connectivity index (χ4v) is 2.35. The van der Waals surface area contributed by atoms with Crippen molar-refractivity contribution in [2.75, 3.05) is 26.2 Å². The van der Waals surface area contributed by atoms with Crippen molar-refractivity contribution < 1.29 is 0 Å². The van der Waals surface area contributed by atoms with E-state index in [-0.39, 0.29) is 61.7 Å². The van der Waals surface area contributed by atoms with Crippen LogP contribution in [0.3, 0.4) is 0 Å². The van der Waals surface area contributed by atoms with E-state index in [1.807, 2.05) is 12.4 Å². The minimum atomic E-state index is 0. The summed E-state index contributed by atoms with van der Waals surface area (Å²) < 4.78 is 0. The summed E-state index contributed by atoms with van der Waals surface area (Å²) in [5.41, 5.74) is 0. The fourth-order valence-electron chi connectivity index (χ4n) is 2.35. The Kier molecular flexibility index (Phi) is 31.8. The van der Waals surface area contributed by atoms with Crippen LogP contribution in [0.1, 0.15) is 38.5 Å². The van der Waals surface area contributed by atoms with Gasteiger partial charge in [-0.25, -0.2) is 0 Å². The molecule has 0 saturated carbocycles. The van der Waals surface area contributed by atoms with Crippen LogP contribution >= 0.6 is 49.6 Å². The molecule has 0 amide bonds. The molecule has 0 saturated heterocycles. The van der Waals surface area contributed by atoms with E-state index >= 15 is 0 Å². The van der Waals surface area contributed by atoms with Gasteiger partial charge in [0.1, 0.15) is 0 Å². The van der Waals surface area contributed by atoms with Gasteiger partial charge in [0.25, 0.3) is 0 Å². The lowest BCUT2D eigenvalue weighted by atomic mass is 10.1. The Morgan fingerprint density at radius 2 is 1.08 bits per heavy atom. The molecule has 156 valence electrons. The Labute approximate surface area is 182 Å². The van der Waals surface area contributed by atoms with Crippen molar-refractivity contribution in [2.24, 2.45) is 9.98 Å². The normalized spacial score (nSPS) is 17.1. The summed E-state index contributed by atoms with van der Waals surface area (Å²) in [4.78, 5) is 9.19. The SMILES string of the molecule is Cl.Cl.Cl.Cl.N=CCNCCCCC1C=NC(CCCCNCC=N)C=N1. The zero-order valence-corrected chi connectivity index (χ0v) is 18.3. The largest absolute Gasteiger partial charge is 0.312 e. The molecule has 0 radical (unpaired) electrons. The second-order valence-electron chi connectivity index (χ2n) is 5.54. The molecular formula is C16H34Cl4N6. The second-order valence-corrected chi connectivity index (χ2v) is 5.54. The van der Waals surface area contributed by atoms with Crippen LogP contribution in [0.2, 0.25) is 0 Å². The van der Waals surface area contributed by atoms with E-state index in [0.717, 1.165) is 51.6 Å². The molecule has 0 aliphatic carbocycles. The second kappa shape index (κ2) is 24.8. The molecule has 10 heteroatoms. The Bertz CT molecular complexity index is 323. The molecule has 1 heterocycles. The van der Waals surface area contributed by atoms with Gasteiger partial charge in [-0.15, -0.1) is 49.6 Å². The van der Waals surface area contributed by atoms with Crippen LogP contribution in [0.25, 0.3) is 0 Å². The lowest BCUT2D eigenvalue weighted by Crippen LogP contribution is -2.21. The molecule has 0 fully saturated rings. The van der Waals surface area contributed by atoms with Crippen molar-refractivity contribution in [3.8, 4) is 0 Å². The molecule has 0 aromatic heterocycles. The Morgan fingerprint density at radius 1 is 0.692 bits per heavy atom. The van der Waals surface area contributed by atoms with Crippen molar-refractivity contribution in [2.45, 2.75) is 50.6 Å². The number of hydrogen-bond donors (Lipinski definition) is 4. The maximum atomic E-state index is 6.92. The van der Waals surface area contributed by atoms with E-state index < -0.39 is 0 Å². The highest BCUT2D eigenvalue weighted by molar-refractivity contribution is 5.86. The molecule has 2 unspecified atom stereocenters. The van der Waals surface area contributed by atoms with E-state index in [2.05, 4.69) is 20.6 Å². The molecule has 1 rings (SSSR count). The van der Waals surface area contributed by atoms with Gasteiger partial charge in [-0.2, -0.15) is 0 Å². The van der Waals surface area contributed by atoms with E-state index in [1.54, 1.807) is 0 Å². The van der Waals surface area contributed by atoms with Crippen LogP contribution in [-0.2, 0) is 0 Å². The molecule has 1 aliphatic rings.